The molecule has 0 amide bonds. The molecule has 0 aromatic rings. The predicted molar refractivity (Wildman–Crippen MR) is 68.1 cm³/mol. The first-order chi connectivity index (χ1) is 12.2. The molecule has 1 unspecified atom stereocenters. The van der Waals surface area contributed by atoms with Crippen molar-refractivity contribution in [3.63, 3.8) is 0 Å². The molecule has 4 atom stereocenters. The van der Waals surface area contributed by atoms with Gasteiger partial charge in [-0.15, -0.1) is 0 Å². The Morgan fingerprint density at radius 3 is 1.46 bits per heavy atom. The van der Waals surface area contributed by atoms with E-state index in [1.54, 1.807) is 0 Å². The van der Waals surface area contributed by atoms with E-state index >= 15 is 0 Å². The molecule has 2 rings (SSSR count). The number of fused-ring (bicyclic) bond motifs is 2. The van der Waals surface area contributed by atoms with E-state index in [0.29, 0.717) is 0 Å². The van der Waals surface area contributed by atoms with Crippen molar-refractivity contribution in [2.45, 2.75) is 53.2 Å². The van der Waals surface area contributed by atoms with Gasteiger partial charge in [-0.1, -0.05) is 12.2 Å². The molecule has 15 heteroatoms. The summed E-state index contributed by atoms with van der Waals surface area (Å²) in [5.41, 5.74) is 0. The van der Waals surface area contributed by atoms with Gasteiger partial charge in [0, 0.05) is 5.25 Å². The van der Waals surface area contributed by atoms with E-state index < -0.39 is 69.4 Å². The number of alkyl halides is 13. The van der Waals surface area contributed by atoms with Crippen molar-refractivity contribution in [1.82, 2.24) is 0 Å². The molecule has 2 aliphatic rings. The minimum Gasteiger partial charge on any atom is -0.253 e. The second-order valence-electron chi connectivity index (χ2n) is 6.43. The molecule has 1 fully saturated rings. The smallest absolute Gasteiger partial charge is 0.253 e. The van der Waals surface area contributed by atoms with Crippen LogP contribution in [0.3, 0.4) is 0 Å². The first kappa shape index (κ1) is 23.3. The van der Waals surface area contributed by atoms with Crippen LogP contribution in [-0.4, -0.2) is 44.6 Å². The molecule has 1 nitrogen and oxygen atoms in total. The molecule has 2 aliphatic carbocycles. The summed E-state index contributed by atoms with van der Waals surface area (Å²) in [5.74, 6) is -32.7. The van der Waals surface area contributed by atoms with Gasteiger partial charge >= 0.3 is 35.1 Å². The zero-order valence-corrected chi connectivity index (χ0v) is 13.8. The Kier molecular flexibility index (Phi) is 5.18. The van der Waals surface area contributed by atoms with E-state index in [1.165, 1.54) is 6.08 Å². The molecule has 1 saturated carbocycles. The molecule has 0 saturated heterocycles. The Labute approximate surface area is 150 Å². The molecular formula is C13H9F13OS. The van der Waals surface area contributed by atoms with Gasteiger partial charge < -0.3 is 0 Å². The van der Waals surface area contributed by atoms with Gasteiger partial charge in [-0.3, -0.25) is 4.21 Å². The lowest BCUT2D eigenvalue weighted by atomic mass is 9.98. The molecule has 0 aromatic carbocycles. The Morgan fingerprint density at radius 2 is 1.11 bits per heavy atom. The molecule has 0 aromatic heterocycles. The molecule has 0 spiro atoms. The number of allylic oxidation sites excluding steroid dienone is 2. The number of hydrogen-bond acceptors (Lipinski definition) is 1. The van der Waals surface area contributed by atoms with Gasteiger partial charge in [0.25, 0.3) is 0 Å². The second-order valence-corrected chi connectivity index (χ2v) is 8.14. The summed E-state index contributed by atoms with van der Waals surface area (Å²) < 4.78 is 181. The minimum atomic E-state index is -7.97. The zero-order chi connectivity index (χ0) is 22.1. The molecule has 0 N–H and O–H groups in total. The Morgan fingerprint density at radius 1 is 0.643 bits per heavy atom. The lowest BCUT2D eigenvalue weighted by molar-refractivity contribution is -0.433. The molecule has 28 heavy (non-hydrogen) atoms. The normalized spacial score (nSPS) is 28.1. The third-order valence-electron chi connectivity index (χ3n) is 4.65. The minimum absolute atomic E-state index is 0.0384. The monoisotopic (exact) mass is 460 g/mol. The van der Waals surface area contributed by atoms with E-state index in [0.717, 1.165) is 6.08 Å². The quantitative estimate of drug-likeness (QED) is 0.384. The maximum Gasteiger partial charge on any atom is 0.460 e. The fraction of sp³-hybridized carbons (Fsp3) is 0.846. The van der Waals surface area contributed by atoms with Gasteiger partial charge in [0.2, 0.25) is 0 Å². The van der Waals surface area contributed by atoms with E-state index in [9.17, 15) is 61.3 Å². The molecular weight excluding hydrogens is 451 g/mol. The predicted octanol–water partition coefficient (Wildman–Crippen LogP) is 5.40. The van der Waals surface area contributed by atoms with Crippen molar-refractivity contribution < 1.29 is 61.3 Å². The van der Waals surface area contributed by atoms with E-state index in [1.807, 2.05) is 0 Å². The van der Waals surface area contributed by atoms with Crippen LogP contribution < -0.4 is 0 Å². The summed E-state index contributed by atoms with van der Waals surface area (Å²) in [6.07, 6.45) is -5.28. The number of rotatable bonds is 6. The summed E-state index contributed by atoms with van der Waals surface area (Å²) in [4.78, 5) is 0. The third kappa shape index (κ3) is 2.85. The first-order valence-electron chi connectivity index (χ1n) is 7.28. The van der Waals surface area contributed by atoms with Crippen molar-refractivity contribution in [1.29, 1.82) is 0 Å². The average molecular weight is 460 g/mol. The number of hydrogen-bond donors (Lipinski definition) is 0. The highest BCUT2D eigenvalue weighted by atomic mass is 32.2. The summed E-state index contributed by atoms with van der Waals surface area (Å²) in [6.45, 7) is 0. The van der Waals surface area contributed by atoms with Crippen molar-refractivity contribution >= 4 is 10.8 Å². The van der Waals surface area contributed by atoms with Gasteiger partial charge in [-0.2, -0.15) is 57.1 Å². The SMILES string of the molecule is O=S([C@H]1C[C@H]2C=C[C@@H]1C2)C(F)(F)C(F)(F)C(F)(F)C(F)(F)C(F)(F)C(F)(F)F. The fourth-order valence-electron chi connectivity index (χ4n) is 3.05. The Balaban J connectivity index is 2.45. The van der Waals surface area contributed by atoms with Crippen LogP contribution >= 0.6 is 0 Å². The molecule has 0 aliphatic heterocycles. The van der Waals surface area contributed by atoms with Crippen molar-refractivity contribution in [3.05, 3.63) is 12.2 Å². The fourth-order valence-corrected chi connectivity index (χ4v) is 4.75. The molecule has 0 heterocycles. The van der Waals surface area contributed by atoms with Crippen LogP contribution in [0.4, 0.5) is 57.1 Å². The summed E-state index contributed by atoms with van der Waals surface area (Å²) in [7, 11) is -4.28. The lowest BCUT2D eigenvalue weighted by Crippen LogP contribution is -2.71. The highest BCUT2D eigenvalue weighted by Gasteiger charge is 2.91. The second kappa shape index (κ2) is 6.24. The van der Waals surface area contributed by atoms with Gasteiger partial charge in [0.1, 0.15) is 10.8 Å². The van der Waals surface area contributed by atoms with Crippen LogP contribution in [0.5, 0.6) is 0 Å². The highest BCUT2D eigenvalue weighted by molar-refractivity contribution is 7.86. The van der Waals surface area contributed by atoms with Gasteiger partial charge in [0.15, 0.2) is 0 Å². The largest absolute Gasteiger partial charge is 0.460 e. The van der Waals surface area contributed by atoms with Gasteiger partial charge in [-0.05, 0) is 24.7 Å². The lowest BCUT2D eigenvalue weighted by Gasteiger charge is -2.40. The van der Waals surface area contributed by atoms with E-state index in [-0.39, 0.29) is 6.42 Å². The Bertz CT molecular complexity index is 680. The highest BCUT2D eigenvalue weighted by Crippen LogP contribution is 2.61. The summed E-state index contributed by atoms with van der Waals surface area (Å²) in [6, 6.07) is 0. The van der Waals surface area contributed by atoms with Crippen molar-refractivity contribution in [2.75, 3.05) is 0 Å². The standard InChI is InChI=1S/C13H9F13OS/c14-8(15,10(18,19)12(22,23)24)9(16,17)11(20,21)13(25,26)28(27)7-4-5-1-2-6(7)3-5/h1-2,5-7H,3-4H2/t5-,6+,7-,28?/m0/s1. The zero-order valence-electron chi connectivity index (χ0n) is 13.0. The van der Waals surface area contributed by atoms with Crippen LogP contribution in [0.2, 0.25) is 0 Å². The van der Waals surface area contributed by atoms with Gasteiger partial charge in [0.05, 0.1) is 0 Å². The maximum atomic E-state index is 13.9. The molecule has 2 bridgehead atoms. The summed E-state index contributed by atoms with van der Waals surface area (Å²) in [5, 5.41) is -8.41. The van der Waals surface area contributed by atoms with E-state index in [2.05, 4.69) is 0 Å². The molecule has 164 valence electrons. The van der Waals surface area contributed by atoms with Crippen LogP contribution in [0.15, 0.2) is 12.2 Å². The van der Waals surface area contributed by atoms with Gasteiger partial charge in [-0.25, -0.2) is 0 Å². The average Bonchev–Trinajstić information content (AvgIpc) is 3.15. The summed E-state index contributed by atoms with van der Waals surface area (Å²) >= 11 is 0. The van der Waals surface area contributed by atoms with Crippen molar-refractivity contribution in [3.8, 4) is 0 Å². The Hall–Kier alpha value is -1.02. The van der Waals surface area contributed by atoms with E-state index in [4.69, 9.17) is 0 Å². The van der Waals surface area contributed by atoms with Crippen LogP contribution in [0.25, 0.3) is 0 Å². The van der Waals surface area contributed by atoms with Crippen LogP contribution in [-0.2, 0) is 10.8 Å². The third-order valence-corrected chi connectivity index (χ3v) is 6.50. The molecule has 0 radical (unpaired) electrons. The topological polar surface area (TPSA) is 17.1 Å². The first-order valence-corrected chi connectivity index (χ1v) is 8.49. The maximum absolute atomic E-state index is 13.9. The van der Waals surface area contributed by atoms with Crippen LogP contribution in [0.1, 0.15) is 12.8 Å². The van der Waals surface area contributed by atoms with Crippen LogP contribution in [0, 0.1) is 11.8 Å². The number of halogens is 13. The van der Waals surface area contributed by atoms with Crippen molar-refractivity contribution in [2.24, 2.45) is 11.8 Å².